The summed E-state index contributed by atoms with van der Waals surface area (Å²) in [7, 11) is 0. The van der Waals surface area contributed by atoms with Crippen LogP contribution in [-0.2, 0) is 9.47 Å². The highest BCUT2D eigenvalue weighted by molar-refractivity contribution is 6.30. The monoisotopic (exact) mass is 331 g/mol. The first-order valence-electron chi connectivity index (χ1n) is 8.07. The molecule has 0 radical (unpaired) electrons. The molecular formula is C19H22ClNO2. The summed E-state index contributed by atoms with van der Waals surface area (Å²) >= 11 is 6.00. The molecule has 0 amide bonds. The fourth-order valence-electron chi connectivity index (χ4n) is 2.77. The van der Waals surface area contributed by atoms with Gasteiger partial charge in [-0.25, -0.2) is 0 Å². The molecule has 1 saturated heterocycles. The lowest BCUT2D eigenvalue weighted by Crippen LogP contribution is -2.39. The van der Waals surface area contributed by atoms with E-state index >= 15 is 0 Å². The summed E-state index contributed by atoms with van der Waals surface area (Å²) in [6, 6.07) is 18.2. The molecule has 0 spiro atoms. The second-order valence-corrected chi connectivity index (χ2v) is 6.14. The number of hydrogen-bond acceptors (Lipinski definition) is 3. The topological polar surface area (TPSA) is 30.5 Å². The normalized spacial score (nSPS) is 19.4. The van der Waals surface area contributed by atoms with Gasteiger partial charge in [0.1, 0.15) is 6.10 Å². The van der Waals surface area contributed by atoms with Gasteiger partial charge in [-0.2, -0.15) is 0 Å². The van der Waals surface area contributed by atoms with Crippen molar-refractivity contribution in [2.45, 2.75) is 18.6 Å². The third kappa shape index (κ3) is 4.79. The quantitative estimate of drug-likeness (QED) is 0.872. The van der Waals surface area contributed by atoms with Gasteiger partial charge in [-0.3, -0.25) is 0 Å². The Balaban J connectivity index is 1.66. The van der Waals surface area contributed by atoms with Gasteiger partial charge in [0.15, 0.2) is 0 Å². The number of benzene rings is 2. The van der Waals surface area contributed by atoms with E-state index in [9.17, 15) is 0 Å². The molecule has 1 aliphatic rings. The van der Waals surface area contributed by atoms with Crippen molar-refractivity contribution in [1.82, 2.24) is 5.32 Å². The lowest BCUT2D eigenvalue weighted by Gasteiger charge is -2.25. The average molecular weight is 332 g/mol. The molecule has 4 heteroatoms. The van der Waals surface area contributed by atoms with Crippen LogP contribution in [0.5, 0.6) is 0 Å². The highest BCUT2D eigenvalue weighted by atomic mass is 35.5. The van der Waals surface area contributed by atoms with Crippen LogP contribution < -0.4 is 5.32 Å². The Bertz CT molecular complexity index is 582. The second-order valence-electron chi connectivity index (χ2n) is 5.70. The number of halogens is 1. The molecule has 3 nitrogen and oxygen atoms in total. The summed E-state index contributed by atoms with van der Waals surface area (Å²) in [5.74, 6) is 0. The first-order valence-corrected chi connectivity index (χ1v) is 8.45. The van der Waals surface area contributed by atoms with Gasteiger partial charge in [-0.15, -0.1) is 0 Å². The van der Waals surface area contributed by atoms with Crippen molar-refractivity contribution in [3.05, 3.63) is 70.7 Å². The van der Waals surface area contributed by atoms with Crippen LogP contribution in [0.3, 0.4) is 0 Å². The molecule has 2 atom stereocenters. The van der Waals surface area contributed by atoms with E-state index < -0.39 is 0 Å². The van der Waals surface area contributed by atoms with Crippen LogP contribution in [0, 0.1) is 0 Å². The zero-order valence-electron chi connectivity index (χ0n) is 13.1. The molecule has 23 heavy (non-hydrogen) atoms. The van der Waals surface area contributed by atoms with E-state index in [0.717, 1.165) is 42.3 Å². The molecule has 0 aliphatic carbocycles. The van der Waals surface area contributed by atoms with Gasteiger partial charge in [-0.1, -0.05) is 54.1 Å². The Kier molecular flexibility index (Phi) is 6.06. The number of rotatable bonds is 6. The summed E-state index contributed by atoms with van der Waals surface area (Å²) in [6.07, 6.45) is 1.06. The van der Waals surface area contributed by atoms with Gasteiger partial charge in [0, 0.05) is 18.1 Å². The Labute approximate surface area is 142 Å². The van der Waals surface area contributed by atoms with E-state index in [-0.39, 0.29) is 12.2 Å². The van der Waals surface area contributed by atoms with Crippen LogP contribution in [0.4, 0.5) is 0 Å². The molecule has 1 fully saturated rings. The minimum absolute atomic E-state index is 0.0787. The molecule has 0 aromatic heterocycles. The third-order valence-electron chi connectivity index (χ3n) is 4.00. The lowest BCUT2D eigenvalue weighted by atomic mass is 10.0. The maximum atomic E-state index is 6.21. The van der Waals surface area contributed by atoms with Gasteiger partial charge in [0.05, 0.1) is 19.3 Å². The van der Waals surface area contributed by atoms with E-state index in [1.54, 1.807) is 0 Å². The number of ether oxygens (including phenoxy) is 2. The molecule has 1 heterocycles. The molecule has 2 aromatic rings. The van der Waals surface area contributed by atoms with Crippen molar-refractivity contribution in [3.63, 3.8) is 0 Å². The molecule has 1 aliphatic heterocycles. The summed E-state index contributed by atoms with van der Waals surface area (Å²) in [4.78, 5) is 0. The molecule has 1 N–H and O–H groups in total. The van der Waals surface area contributed by atoms with Crippen molar-refractivity contribution >= 4 is 11.6 Å². The predicted molar refractivity (Wildman–Crippen MR) is 92.9 cm³/mol. The Hall–Kier alpha value is -1.39. The summed E-state index contributed by atoms with van der Waals surface area (Å²) < 4.78 is 11.9. The van der Waals surface area contributed by atoms with Crippen LogP contribution in [0.15, 0.2) is 54.6 Å². The van der Waals surface area contributed by atoms with Gasteiger partial charge in [0.2, 0.25) is 0 Å². The fourth-order valence-corrected chi connectivity index (χ4v) is 2.90. The van der Waals surface area contributed by atoms with Crippen LogP contribution in [0.2, 0.25) is 5.02 Å². The molecule has 2 aromatic carbocycles. The maximum absolute atomic E-state index is 6.21. The standard InChI is InChI=1S/C19H22ClNO2/c20-17-8-6-16(7-9-17)19(15-4-2-1-3-5-15)23-12-10-18-14-21-11-13-22-18/h1-9,18-19,21H,10-14H2. The van der Waals surface area contributed by atoms with E-state index in [4.69, 9.17) is 21.1 Å². The number of hydrogen-bond donors (Lipinski definition) is 1. The van der Waals surface area contributed by atoms with Crippen molar-refractivity contribution < 1.29 is 9.47 Å². The Morgan fingerprint density at radius 2 is 1.83 bits per heavy atom. The first-order chi connectivity index (χ1) is 11.3. The van der Waals surface area contributed by atoms with Crippen molar-refractivity contribution in [2.24, 2.45) is 0 Å². The molecule has 0 saturated carbocycles. The Morgan fingerprint density at radius 1 is 1.09 bits per heavy atom. The molecule has 2 unspecified atom stereocenters. The van der Waals surface area contributed by atoms with Crippen molar-refractivity contribution in [3.8, 4) is 0 Å². The lowest BCUT2D eigenvalue weighted by molar-refractivity contribution is -0.00715. The maximum Gasteiger partial charge on any atom is 0.108 e. The van der Waals surface area contributed by atoms with Crippen molar-refractivity contribution in [1.29, 1.82) is 0 Å². The number of morpholine rings is 1. The largest absolute Gasteiger partial charge is 0.375 e. The van der Waals surface area contributed by atoms with Gasteiger partial charge < -0.3 is 14.8 Å². The molecule has 0 bridgehead atoms. The van der Waals surface area contributed by atoms with Crippen LogP contribution in [0.25, 0.3) is 0 Å². The van der Waals surface area contributed by atoms with Gasteiger partial charge in [0.25, 0.3) is 0 Å². The minimum atomic E-state index is -0.0787. The number of nitrogens with one attached hydrogen (secondary N) is 1. The summed E-state index contributed by atoms with van der Waals surface area (Å²) in [6.45, 7) is 3.29. The highest BCUT2D eigenvalue weighted by Gasteiger charge is 2.17. The van der Waals surface area contributed by atoms with Gasteiger partial charge >= 0.3 is 0 Å². The van der Waals surface area contributed by atoms with E-state index in [2.05, 4.69) is 17.4 Å². The highest BCUT2D eigenvalue weighted by Crippen LogP contribution is 2.27. The fraction of sp³-hybridized carbons (Fsp3) is 0.368. The predicted octanol–water partition coefficient (Wildman–Crippen LogP) is 3.82. The third-order valence-corrected chi connectivity index (χ3v) is 4.26. The molecular weight excluding hydrogens is 310 g/mol. The van der Waals surface area contributed by atoms with Crippen LogP contribution in [0.1, 0.15) is 23.7 Å². The first kappa shape index (κ1) is 16.5. The zero-order chi connectivity index (χ0) is 15.9. The second kappa shape index (κ2) is 8.46. The smallest absolute Gasteiger partial charge is 0.108 e. The minimum Gasteiger partial charge on any atom is -0.375 e. The summed E-state index contributed by atoms with van der Waals surface area (Å²) in [5.41, 5.74) is 2.26. The zero-order valence-corrected chi connectivity index (χ0v) is 13.8. The molecule has 122 valence electrons. The van der Waals surface area contributed by atoms with E-state index in [0.29, 0.717) is 6.61 Å². The van der Waals surface area contributed by atoms with Gasteiger partial charge in [-0.05, 0) is 29.7 Å². The Morgan fingerprint density at radius 3 is 2.52 bits per heavy atom. The van der Waals surface area contributed by atoms with E-state index in [1.807, 2.05) is 42.5 Å². The summed E-state index contributed by atoms with van der Waals surface area (Å²) in [5, 5.41) is 4.09. The van der Waals surface area contributed by atoms with Crippen molar-refractivity contribution in [2.75, 3.05) is 26.3 Å². The van der Waals surface area contributed by atoms with Crippen LogP contribution in [-0.4, -0.2) is 32.4 Å². The molecule has 3 rings (SSSR count). The SMILES string of the molecule is Clc1ccc(C(OCCC2CNCCO2)c2ccccc2)cc1. The van der Waals surface area contributed by atoms with E-state index in [1.165, 1.54) is 0 Å². The average Bonchev–Trinajstić information content (AvgIpc) is 2.61. The van der Waals surface area contributed by atoms with Crippen LogP contribution >= 0.6 is 11.6 Å².